The summed E-state index contributed by atoms with van der Waals surface area (Å²) in [6, 6.07) is 5.20. The van der Waals surface area contributed by atoms with Crippen LogP contribution in [0.2, 0.25) is 0 Å². The zero-order valence-corrected chi connectivity index (χ0v) is 19.3. The van der Waals surface area contributed by atoms with Crippen molar-refractivity contribution in [2.24, 2.45) is 5.73 Å². The lowest BCUT2D eigenvalue weighted by atomic mass is 10.0. The molecule has 1 unspecified atom stereocenters. The highest BCUT2D eigenvalue weighted by atomic mass is 32.2. The summed E-state index contributed by atoms with van der Waals surface area (Å²) < 4.78 is 52.1. The van der Waals surface area contributed by atoms with Crippen molar-refractivity contribution >= 4 is 11.1 Å². The lowest BCUT2D eigenvalue weighted by Gasteiger charge is -2.21. The van der Waals surface area contributed by atoms with E-state index in [0.717, 1.165) is 18.4 Å². The molecule has 1 aliphatic rings. The predicted octanol–water partition coefficient (Wildman–Crippen LogP) is 3.06. The lowest BCUT2D eigenvalue weighted by Crippen LogP contribution is -2.13. The maximum Gasteiger partial charge on any atom is 0.256 e. The molecule has 32 heavy (non-hydrogen) atoms. The summed E-state index contributed by atoms with van der Waals surface area (Å²) in [7, 11) is 3.08. The van der Waals surface area contributed by atoms with Gasteiger partial charge >= 0.3 is 0 Å². The second kappa shape index (κ2) is 11.5. The monoisotopic (exact) mass is 465 g/mol. The van der Waals surface area contributed by atoms with E-state index >= 15 is 0 Å². The fraction of sp³-hybridized carbons (Fsp3) is 0.500. The van der Waals surface area contributed by atoms with E-state index in [-0.39, 0.29) is 29.5 Å². The summed E-state index contributed by atoms with van der Waals surface area (Å²) in [6.45, 7) is 2.85. The van der Waals surface area contributed by atoms with Crippen LogP contribution in [0.25, 0.3) is 0 Å². The first-order chi connectivity index (χ1) is 15.5. The van der Waals surface area contributed by atoms with Crippen LogP contribution in [-0.4, -0.2) is 47.7 Å². The molecule has 1 aliphatic heterocycles. The van der Waals surface area contributed by atoms with Gasteiger partial charge in [-0.1, -0.05) is 6.92 Å². The van der Waals surface area contributed by atoms with E-state index in [1.165, 1.54) is 7.11 Å². The molecule has 176 valence electrons. The minimum absolute atomic E-state index is 0.0443. The van der Waals surface area contributed by atoms with Gasteiger partial charge in [-0.15, -0.1) is 0 Å². The molecule has 0 spiro atoms. The van der Waals surface area contributed by atoms with Gasteiger partial charge in [0.15, 0.2) is 17.2 Å². The van der Waals surface area contributed by atoms with Crippen LogP contribution in [0.5, 0.6) is 23.1 Å². The Bertz CT molecular complexity index is 941. The number of hydrogen-bond acceptors (Lipinski definition) is 9. The maximum absolute atomic E-state index is 12.0. The number of nitrogens with two attached hydrogens (primary N) is 1. The Balaban J connectivity index is 1.89. The molecule has 3 rings (SSSR count). The first kappa shape index (κ1) is 24.2. The van der Waals surface area contributed by atoms with Crippen molar-refractivity contribution in [1.82, 2.24) is 4.98 Å². The number of hydrogen-bond donors (Lipinski definition) is 1. The van der Waals surface area contributed by atoms with Gasteiger partial charge in [0.05, 0.1) is 37.9 Å². The predicted molar refractivity (Wildman–Crippen MR) is 117 cm³/mol. The molecule has 0 amide bonds. The number of methoxy groups -OCH3 is 2. The molecule has 0 bridgehead atoms. The highest BCUT2D eigenvalue weighted by Gasteiger charge is 2.30. The Labute approximate surface area is 190 Å². The van der Waals surface area contributed by atoms with Gasteiger partial charge in [0.2, 0.25) is 0 Å². The van der Waals surface area contributed by atoms with Crippen molar-refractivity contribution < 1.29 is 32.4 Å². The molecule has 1 aromatic heterocycles. The van der Waals surface area contributed by atoms with E-state index in [9.17, 15) is 8.76 Å². The molecule has 1 aromatic carbocycles. The zero-order valence-electron chi connectivity index (χ0n) is 18.5. The number of aromatic nitrogens is 1. The minimum Gasteiger partial charge on any atom is -0.768 e. The lowest BCUT2D eigenvalue weighted by molar-refractivity contribution is 0.0434. The highest BCUT2D eigenvalue weighted by Crippen LogP contribution is 2.45. The van der Waals surface area contributed by atoms with Crippen molar-refractivity contribution in [2.45, 2.75) is 43.3 Å². The highest BCUT2D eigenvalue weighted by molar-refractivity contribution is 7.79. The van der Waals surface area contributed by atoms with E-state index in [2.05, 4.69) is 4.98 Å². The zero-order chi connectivity index (χ0) is 23.1. The largest absolute Gasteiger partial charge is 0.768 e. The number of nitrogens with zero attached hydrogens (tertiary/aromatic N) is 1. The Hall–Kier alpha value is -2.40. The van der Waals surface area contributed by atoms with Crippen molar-refractivity contribution in [3.8, 4) is 23.1 Å². The van der Waals surface area contributed by atoms with Gasteiger partial charge in [-0.05, 0) is 54.1 Å². The number of rotatable bonds is 11. The van der Waals surface area contributed by atoms with Crippen LogP contribution >= 0.6 is 0 Å². The SMILES string of the molecule is CCCOc1c(OCCN)cc([C@@H]2CC[C@@H](c3cnc(OC)c(OC)c3)O2)cc1S(=O)[O-]. The third kappa shape index (κ3) is 5.50. The molecule has 1 saturated heterocycles. The van der Waals surface area contributed by atoms with Gasteiger partial charge in [-0.2, -0.15) is 0 Å². The van der Waals surface area contributed by atoms with E-state index in [0.29, 0.717) is 42.5 Å². The van der Waals surface area contributed by atoms with Gasteiger partial charge < -0.3 is 34.0 Å². The van der Waals surface area contributed by atoms with Crippen LogP contribution in [0, 0.1) is 0 Å². The Kier molecular flexibility index (Phi) is 8.68. The first-order valence-corrected chi connectivity index (χ1v) is 11.6. The normalized spacial score (nSPS) is 18.9. The number of ether oxygens (including phenoxy) is 5. The quantitative estimate of drug-likeness (QED) is 0.498. The van der Waals surface area contributed by atoms with Gasteiger partial charge in [-0.25, -0.2) is 4.98 Å². The molecule has 1 fully saturated rings. The topological polar surface area (TPSA) is 125 Å². The van der Waals surface area contributed by atoms with E-state index in [1.54, 1.807) is 25.4 Å². The molecule has 9 nitrogen and oxygen atoms in total. The summed E-state index contributed by atoms with van der Waals surface area (Å²) in [5, 5.41) is 0. The molecular formula is C22H29N2O7S-. The van der Waals surface area contributed by atoms with Crippen molar-refractivity contribution in [1.29, 1.82) is 0 Å². The van der Waals surface area contributed by atoms with Crippen LogP contribution in [0.3, 0.4) is 0 Å². The molecule has 2 heterocycles. The van der Waals surface area contributed by atoms with E-state index in [1.807, 2.05) is 13.0 Å². The van der Waals surface area contributed by atoms with Crippen molar-refractivity contribution in [2.75, 3.05) is 34.0 Å². The van der Waals surface area contributed by atoms with Gasteiger partial charge in [-0.3, -0.25) is 4.21 Å². The minimum atomic E-state index is -2.51. The van der Waals surface area contributed by atoms with Crippen LogP contribution < -0.4 is 24.7 Å². The Morgan fingerprint density at radius 2 is 1.81 bits per heavy atom. The fourth-order valence-electron chi connectivity index (χ4n) is 3.58. The summed E-state index contributed by atoms with van der Waals surface area (Å²) in [5.74, 6) is 1.48. The van der Waals surface area contributed by atoms with Crippen LogP contribution in [0.4, 0.5) is 0 Å². The summed E-state index contributed by atoms with van der Waals surface area (Å²) in [6.07, 6.45) is 3.36. The summed E-state index contributed by atoms with van der Waals surface area (Å²) >= 11 is -2.51. The molecule has 10 heteroatoms. The summed E-state index contributed by atoms with van der Waals surface area (Å²) in [4.78, 5) is 4.32. The first-order valence-electron chi connectivity index (χ1n) is 10.5. The van der Waals surface area contributed by atoms with Crippen LogP contribution in [-0.2, 0) is 15.8 Å². The molecule has 0 radical (unpaired) electrons. The van der Waals surface area contributed by atoms with Gasteiger partial charge in [0.1, 0.15) is 6.61 Å². The molecule has 0 saturated carbocycles. The second-order valence-electron chi connectivity index (χ2n) is 7.24. The molecule has 2 N–H and O–H groups in total. The average molecular weight is 466 g/mol. The molecular weight excluding hydrogens is 436 g/mol. The smallest absolute Gasteiger partial charge is 0.256 e. The number of pyridine rings is 1. The molecule has 2 aromatic rings. The maximum atomic E-state index is 12.0. The third-order valence-corrected chi connectivity index (χ3v) is 5.73. The van der Waals surface area contributed by atoms with Crippen LogP contribution in [0.1, 0.15) is 49.5 Å². The molecule has 3 atom stereocenters. The Morgan fingerprint density at radius 1 is 1.09 bits per heavy atom. The fourth-order valence-corrected chi connectivity index (χ4v) is 4.12. The van der Waals surface area contributed by atoms with Gasteiger partial charge in [0, 0.05) is 18.3 Å². The summed E-state index contributed by atoms with van der Waals surface area (Å²) in [5.41, 5.74) is 7.14. The Morgan fingerprint density at radius 3 is 2.44 bits per heavy atom. The van der Waals surface area contributed by atoms with Crippen molar-refractivity contribution in [3.63, 3.8) is 0 Å². The third-order valence-electron chi connectivity index (χ3n) is 5.06. The number of benzene rings is 1. The molecule has 0 aliphatic carbocycles. The average Bonchev–Trinajstić information content (AvgIpc) is 3.31. The van der Waals surface area contributed by atoms with Crippen molar-refractivity contribution in [3.05, 3.63) is 35.5 Å². The second-order valence-corrected chi connectivity index (χ2v) is 8.15. The van der Waals surface area contributed by atoms with E-state index in [4.69, 9.17) is 29.4 Å². The van der Waals surface area contributed by atoms with Gasteiger partial charge in [0.25, 0.3) is 5.88 Å². The van der Waals surface area contributed by atoms with Crippen LogP contribution in [0.15, 0.2) is 29.3 Å². The van der Waals surface area contributed by atoms with E-state index < -0.39 is 11.1 Å². The standard InChI is InChI=1S/C22H30N2O7S/c1-4-8-30-21-18(29-9-7-23)10-14(12-20(21)32(25)26)16-5-6-17(31-16)15-11-19(27-2)22(28-3)24-13-15/h10-13,16-17H,4-9,23H2,1-3H3,(H,25,26)/p-1/t16-,17-/m0/s1.